The highest BCUT2D eigenvalue weighted by molar-refractivity contribution is 5.73. The SMILES string of the molecule is CCN(CCN)C[C@H]1CCCCN1C(C)=O. The van der Waals surface area contributed by atoms with Gasteiger partial charge in [0.1, 0.15) is 0 Å². The van der Waals surface area contributed by atoms with E-state index in [1.165, 1.54) is 6.42 Å². The van der Waals surface area contributed by atoms with Crippen LogP contribution in [0.25, 0.3) is 0 Å². The molecule has 1 aliphatic heterocycles. The lowest BCUT2D eigenvalue weighted by Crippen LogP contribution is -2.49. The fraction of sp³-hybridized carbons (Fsp3) is 0.917. The molecule has 0 aromatic rings. The van der Waals surface area contributed by atoms with Gasteiger partial charge < -0.3 is 15.5 Å². The van der Waals surface area contributed by atoms with Crippen LogP contribution in [0.1, 0.15) is 33.1 Å². The molecule has 94 valence electrons. The number of piperidine rings is 1. The van der Waals surface area contributed by atoms with Crippen molar-refractivity contribution in [3.05, 3.63) is 0 Å². The van der Waals surface area contributed by atoms with Gasteiger partial charge in [0, 0.05) is 39.1 Å². The molecule has 0 aliphatic carbocycles. The molecular formula is C12H25N3O. The molecule has 0 radical (unpaired) electrons. The maximum Gasteiger partial charge on any atom is 0.219 e. The number of likely N-dealkylation sites (tertiary alicyclic amines) is 1. The van der Waals surface area contributed by atoms with E-state index in [4.69, 9.17) is 5.73 Å². The summed E-state index contributed by atoms with van der Waals surface area (Å²) in [6.07, 6.45) is 3.54. The Kier molecular flexibility index (Phi) is 5.77. The van der Waals surface area contributed by atoms with Crippen molar-refractivity contribution in [3.8, 4) is 0 Å². The van der Waals surface area contributed by atoms with E-state index in [2.05, 4.69) is 11.8 Å². The molecule has 0 aromatic heterocycles. The number of carbonyl (C=O) groups is 1. The summed E-state index contributed by atoms with van der Waals surface area (Å²) >= 11 is 0. The summed E-state index contributed by atoms with van der Waals surface area (Å²) in [5.41, 5.74) is 5.58. The fourth-order valence-corrected chi connectivity index (χ4v) is 2.46. The van der Waals surface area contributed by atoms with Crippen molar-refractivity contribution < 1.29 is 4.79 Å². The Labute approximate surface area is 98.8 Å². The number of rotatable bonds is 5. The average Bonchev–Trinajstić information content (AvgIpc) is 2.29. The average molecular weight is 227 g/mol. The number of hydrogen-bond acceptors (Lipinski definition) is 3. The third-order valence-electron chi connectivity index (χ3n) is 3.39. The van der Waals surface area contributed by atoms with Gasteiger partial charge in [-0.3, -0.25) is 4.79 Å². The maximum absolute atomic E-state index is 11.5. The second-order valence-corrected chi connectivity index (χ2v) is 4.54. The van der Waals surface area contributed by atoms with Crippen molar-refractivity contribution in [1.82, 2.24) is 9.80 Å². The minimum atomic E-state index is 0.216. The highest BCUT2D eigenvalue weighted by atomic mass is 16.2. The second-order valence-electron chi connectivity index (χ2n) is 4.54. The molecule has 1 rings (SSSR count). The van der Waals surface area contributed by atoms with Crippen LogP contribution < -0.4 is 5.73 Å². The van der Waals surface area contributed by atoms with Gasteiger partial charge in [0.05, 0.1) is 0 Å². The predicted molar refractivity (Wildman–Crippen MR) is 66.2 cm³/mol. The van der Waals surface area contributed by atoms with Gasteiger partial charge in [-0.25, -0.2) is 0 Å². The van der Waals surface area contributed by atoms with Gasteiger partial charge in [0.25, 0.3) is 0 Å². The first-order chi connectivity index (χ1) is 7.69. The van der Waals surface area contributed by atoms with Crippen LogP contribution >= 0.6 is 0 Å². The van der Waals surface area contributed by atoms with Crippen LogP contribution in [0.4, 0.5) is 0 Å². The quantitative estimate of drug-likeness (QED) is 0.751. The van der Waals surface area contributed by atoms with Gasteiger partial charge in [0.2, 0.25) is 5.91 Å². The normalized spacial score (nSPS) is 21.5. The van der Waals surface area contributed by atoms with E-state index in [1.54, 1.807) is 6.92 Å². The molecule has 1 aliphatic rings. The van der Waals surface area contributed by atoms with E-state index in [0.29, 0.717) is 12.6 Å². The van der Waals surface area contributed by atoms with Crippen LogP contribution in [-0.4, -0.2) is 54.5 Å². The fourth-order valence-electron chi connectivity index (χ4n) is 2.46. The molecule has 0 spiro atoms. The smallest absolute Gasteiger partial charge is 0.219 e. The standard InChI is InChI=1S/C12H25N3O/c1-3-14(9-7-13)10-12-6-4-5-8-15(12)11(2)16/h12H,3-10,13H2,1-2H3/t12-/m1/s1. The van der Waals surface area contributed by atoms with Gasteiger partial charge in [-0.05, 0) is 25.8 Å². The topological polar surface area (TPSA) is 49.6 Å². The summed E-state index contributed by atoms with van der Waals surface area (Å²) in [7, 11) is 0. The Morgan fingerprint density at radius 1 is 1.50 bits per heavy atom. The second kappa shape index (κ2) is 6.86. The van der Waals surface area contributed by atoms with Gasteiger partial charge in [0.15, 0.2) is 0 Å². The summed E-state index contributed by atoms with van der Waals surface area (Å²) in [5.74, 6) is 0.216. The lowest BCUT2D eigenvalue weighted by atomic mass is 10.0. The molecule has 2 N–H and O–H groups in total. The van der Waals surface area contributed by atoms with Crippen LogP contribution in [0.5, 0.6) is 0 Å². The lowest BCUT2D eigenvalue weighted by Gasteiger charge is -2.38. The zero-order valence-corrected chi connectivity index (χ0v) is 10.6. The van der Waals surface area contributed by atoms with E-state index in [-0.39, 0.29) is 5.91 Å². The molecule has 0 saturated carbocycles. The molecule has 0 unspecified atom stereocenters. The Bertz CT molecular complexity index is 220. The van der Waals surface area contributed by atoms with Crippen molar-refractivity contribution in [2.45, 2.75) is 39.2 Å². The molecule has 1 heterocycles. The first-order valence-electron chi connectivity index (χ1n) is 6.38. The third-order valence-corrected chi connectivity index (χ3v) is 3.39. The van der Waals surface area contributed by atoms with E-state index in [1.807, 2.05) is 4.90 Å². The lowest BCUT2D eigenvalue weighted by molar-refractivity contribution is -0.132. The van der Waals surface area contributed by atoms with E-state index >= 15 is 0 Å². The van der Waals surface area contributed by atoms with Crippen molar-refractivity contribution >= 4 is 5.91 Å². The molecule has 4 heteroatoms. The predicted octanol–water partition coefficient (Wildman–Crippen LogP) is 0.668. The number of nitrogens with zero attached hydrogens (tertiary/aromatic N) is 2. The van der Waals surface area contributed by atoms with Crippen molar-refractivity contribution in [3.63, 3.8) is 0 Å². The maximum atomic E-state index is 11.5. The van der Waals surface area contributed by atoms with Gasteiger partial charge in [-0.1, -0.05) is 6.92 Å². The van der Waals surface area contributed by atoms with Crippen molar-refractivity contribution in [2.24, 2.45) is 5.73 Å². The van der Waals surface area contributed by atoms with Crippen molar-refractivity contribution in [1.29, 1.82) is 0 Å². The third kappa shape index (κ3) is 3.76. The van der Waals surface area contributed by atoms with Crippen molar-refractivity contribution in [2.75, 3.05) is 32.7 Å². The van der Waals surface area contributed by atoms with Crippen LogP contribution in [-0.2, 0) is 4.79 Å². The van der Waals surface area contributed by atoms with E-state index in [9.17, 15) is 4.79 Å². The van der Waals surface area contributed by atoms with Crippen LogP contribution in [0.15, 0.2) is 0 Å². The van der Waals surface area contributed by atoms with Crippen LogP contribution in [0.2, 0.25) is 0 Å². The highest BCUT2D eigenvalue weighted by Crippen LogP contribution is 2.17. The molecule has 1 atom stereocenters. The monoisotopic (exact) mass is 227 g/mol. The molecule has 0 aromatic carbocycles. The minimum Gasteiger partial charge on any atom is -0.339 e. The molecule has 16 heavy (non-hydrogen) atoms. The minimum absolute atomic E-state index is 0.216. The number of hydrogen-bond donors (Lipinski definition) is 1. The Balaban J connectivity index is 2.50. The summed E-state index contributed by atoms with van der Waals surface area (Å²) in [6.45, 7) is 8.38. The molecule has 0 bridgehead atoms. The Hall–Kier alpha value is -0.610. The molecule has 1 fully saturated rings. The summed E-state index contributed by atoms with van der Waals surface area (Å²) in [5, 5.41) is 0. The summed E-state index contributed by atoms with van der Waals surface area (Å²) in [6, 6.07) is 0.401. The number of carbonyl (C=O) groups excluding carboxylic acids is 1. The number of amides is 1. The van der Waals surface area contributed by atoms with Gasteiger partial charge in [-0.15, -0.1) is 0 Å². The summed E-state index contributed by atoms with van der Waals surface area (Å²) in [4.78, 5) is 15.9. The molecule has 1 saturated heterocycles. The Morgan fingerprint density at radius 2 is 2.25 bits per heavy atom. The Morgan fingerprint density at radius 3 is 2.81 bits per heavy atom. The highest BCUT2D eigenvalue weighted by Gasteiger charge is 2.25. The molecular weight excluding hydrogens is 202 g/mol. The number of likely N-dealkylation sites (N-methyl/N-ethyl adjacent to an activating group) is 1. The van der Waals surface area contributed by atoms with E-state index < -0.39 is 0 Å². The first-order valence-corrected chi connectivity index (χ1v) is 6.38. The molecule has 4 nitrogen and oxygen atoms in total. The summed E-state index contributed by atoms with van der Waals surface area (Å²) < 4.78 is 0. The zero-order chi connectivity index (χ0) is 12.0. The first kappa shape index (κ1) is 13.5. The van der Waals surface area contributed by atoms with Gasteiger partial charge >= 0.3 is 0 Å². The molecule has 1 amide bonds. The van der Waals surface area contributed by atoms with E-state index in [0.717, 1.165) is 39.0 Å². The largest absolute Gasteiger partial charge is 0.339 e. The number of nitrogens with two attached hydrogens (primary N) is 1. The van der Waals surface area contributed by atoms with Gasteiger partial charge in [-0.2, -0.15) is 0 Å². The zero-order valence-electron chi connectivity index (χ0n) is 10.6. The van der Waals surface area contributed by atoms with Crippen LogP contribution in [0.3, 0.4) is 0 Å². The van der Waals surface area contributed by atoms with Crippen LogP contribution in [0, 0.1) is 0 Å².